The summed E-state index contributed by atoms with van der Waals surface area (Å²) in [6.07, 6.45) is 7.01. The second kappa shape index (κ2) is 8.97. The Morgan fingerprint density at radius 3 is 2.42 bits per heavy atom. The Morgan fingerprint density at radius 1 is 1.06 bits per heavy atom. The summed E-state index contributed by atoms with van der Waals surface area (Å²) < 4.78 is 25.8. The highest BCUT2D eigenvalue weighted by Crippen LogP contribution is 2.36. The molecule has 4 rings (SSSR count). The van der Waals surface area contributed by atoms with Crippen molar-refractivity contribution < 1.29 is 8.42 Å². The lowest BCUT2D eigenvalue weighted by Gasteiger charge is -2.24. The van der Waals surface area contributed by atoms with Crippen LogP contribution in [0.25, 0.3) is 16.8 Å². The van der Waals surface area contributed by atoms with Crippen LogP contribution < -0.4 is 5.56 Å². The van der Waals surface area contributed by atoms with Crippen LogP contribution in [0.1, 0.15) is 50.5 Å². The molecule has 31 heavy (non-hydrogen) atoms. The molecule has 0 saturated heterocycles. The number of hydrogen-bond acceptors (Lipinski definition) is 4. The topological polar surface area (TPSA) is 69.0 Å². The Hall–Kier alpha value is -2.44. The Bertz CT molecular complexity index is 1240. The van der Waals surface area contributed by atoms with E-state index >= 15 is 0 Å². The molecule has 0 unspecified atom stereocenters. The zero-order chi connectivity index (χ0) is 22.0. The van der Waals surface area contributed by atoms with E-state index in [1.165, 1.54) is 11.1 Å². The van der Waals surface area contributed by atoms with Gasteiger partial charge in [-0.1, -0.05) is 56.0 Å². The number of rotatable bonds is 5. The van der Waals surface area contributed by atoms with Crippen molar-refractivity contribution in [2.24, 2.45) is 0 Å². The molecule has 3 aromatic rings. The molecule has 1 aliphatic carbocycles. The maximum absolute atomic E-state index is 13.6. The summed E-state index contributed by atoms with van der Waals surface area (Å²) in [7, 11) is -3.28. The third-order valence-electron chi connectivity index (χ3n) is 5.99. The van der Waals surface area contributed by atoms with Gasteiger partial charge < -0.3 is 0 Å². The van der Waals surface area contributed by atoms with Crippen LogP contribution in [0.4, 0.5) is 0 Å². The van der Waals surface area contributed by atoms with Crippen LogP contribution in [-0.4, -0.2) is 24.0 Å². The number of benzene rings is 2. The summed E-state index contributed by atoms with van der Waals surface area (Å²) in [5, 5.41) is 4.98. The van der Waals surface area contributed by atoms with Gasteiger partial charge in [0.25, 0.3) is 5.56 Å². The van der Waals surface area contributed by atoms with Crippen LogP contribution in [0.3, 0.4) is 0 Å². The second-order valence-electron chi connectivity index (χ2n) is 7.93. The largest absolute Gasteiger partial charge is 0.275 e. The van der Waals surface area contributed by atoms with E-state index in [1.54, 1.807) is 55.6 Å². The number of hydrogen-bond donors (Lipinski definition) is 0. The zero-order valence-corrected chi connectivity index (χ0v) is 19.0. The fourth-order valence-electron chi connectivity index (χ4n) is 4.28. The molecule has 0 bridgehead atoms. The van der Waals surface area contributed by atoms with Gasteiger partial charge in [-0.25, -0.2) is 8.42 Å². The number of nitrogens with zero attached hydrogens (tertiary/aromatic N) is 2. The van der Waals surface area contributed by atoms with Gasteiger partial charge in [-0.3, -0.25) is 4.79 Å². The maximum Gasteiger partial charge on any atom is 0.275 e. The van der Waals surface area contributed by atoms with Crippen molar-refractivity contribution in [1.29, 1.82) is 0 Å². The predicted molar refractivity (Wildman–Crippen MR) is 124 cm³/mol. The average Bonchev–Trinajstić information content (AvgIpc) is 2.79. The van der Waals surface area contributed by atoms with Crippen LogP contribution >= 0.6 is 11.6 Å². The van der Waals surface area contributed by atoms with Crippen LogP contribution in [0.5, 0.6) is 0 Å². The molecule has 1 aromatic heterocycles. The first-order valence-corrected chi connectivity index (χ1v) is 12.6. The van der Waals surface area contributed by atoms with Gasteiger partial charge in [0.15, 0.2) is 9.84 Å². The average molecular weight is 457 g/mol. The standard InChI is InChI=1S/C24H25ClN2O3S/c1-2-31(29,30)21-13-11-17(12-14-21)22-16-26-27(20-10-6-9-19(25)15-20)24(28)23(22)18-7-4-3-5-8-18/h6,9-16,18H,2-5,7-8H2,1H3. The van der Waals surface area contributed by atoms with Crippen molar-refractivity contribution in [3.8, 4) is 16.8 Å². The number of aromatic nitrogens is 2. The van der Waals surface area contributed by atoms with Gasteiger partial charge >= 0.3 is 0 Å². The van der Waals surface area contributed by atoms with Gasteiger partial charge in [-0.15, -0.1) is 0 Å². The minimum atomic E-state index is -3.28. The molecule has 1 saturated carbocycles. The molecule has 1 fully saturated rings. The third-order valence-corrected chi connectivity index (χ3v) is 7.97. The van der Waals surface area contributed by atoms with Crippen LogP contribution in [-0.2, 0) is 9.84 Å². The summed E-state index contributed by atoms with van der Waals surface area (Å²) in [4.78, 5) is 13.9. The third kappa shape index (κ3) is 4.46. The lowest BCUT2D eigenvalue weighted by atomic mass is 9.82. The monoisotopic (exact) mass is 456 g/mol. The molecule has 162 valence electrons. The molecule has 0 aliphatic heterocycles. The fourth-order valence-corrected chi connectivity index (χ4v) is 5.35. The minimum absolute atomic E-state index is 0.0525. The number of sulfone groups is 1. The first kappa shape index (κ1) is 21.8. The SMILES string of the molecule is CCS(=O)(=O)c1ccc(-c2cnn(-c3cccc(Cl)c3)c(=O)c2C2CCCCC2)cc1. The molecule has 5 nitrogen and oxygen atoms in total. The van der Waals surface area contributed by atoms with E-state index in [4.69, 9.17) is 11.6 Å². The van der Waals surface area contributed by atoms with E-state index in [2.05, 4.69) is 5.10 Å². The van der Waals surface area contributed by atoms with Gasteiger partial charge in [0, 0.05) is 16.1 Å². The van der Waals surface area contributed by atoms with Crippen LogP contribution in [0.15, 0.2) is 64.4 Å². The van der Waals surface area contributed by atoms with Gasteiger partial charge in [0.2, 0.25) is 0 Å². The van der Waals surface area contributed by atoms with E-state index in [0.717, 1.165) is 42.4 Å². The Morgan fingerprint density at radius 2 is 1.77 bits per heavy atom. The summed E-state index contributed by atoms with van der Waals surface area (Å²) in [5.74, 6) is 0.209. The molecule has 2 aromatic carbocycles. The quantitative estimate of drug-likeness (QED) is 0.515. The Balaban J connectivity index is 1.86. The summed E-state index contributed by atoms with van der Waals surface area (Å²) in [5.41, 5.74) is 2.82. The van der Waals surface area contributed by atoms with Crippen LogP contribution in [0, 0.1) is 0 Å². The predicted octanol–water partition coefficient (Wildman–Crippen LogP) is 5.39. The summed E-state index contributed by atoms with van der Waals surface area (Å²) in [6.45, 7) is 1.63. The highest BCUT2D eigenvalue weighted by atomic mass is 35.5. The van der Waals surface area contributed by atoms with Gasteiger partial charge in [-0.2, -0.15) is 9.78 Å². The summed E-state index contributed by atoms with van der Waals surface area (Å²) in [6, 6.07) is 13.9. The molecule has 0 N–H and O–H groups in total. The first-order chi connectivity index (χ1) is 14.9. The van der Waals surface area contributed by atoms with Gasteiger partial charge in [-0.05, 0) is 54.7 Å². The van der Waals surface area contributed by atoms with Crippen molar-refractivity contribution in [2.75, 3.05) is 5.75 Å². The molecule has 7 heteroatoms. The van der Waals surface area contributed by atoms with E-state index in [-0.39, 0.29) is 22.1 Å². The molecule has 0 atom stereocenters. The molecule has 1 heterocycles. The minimum Gasteiger partial charge on any atom is -0.267 e. The Labute approximate surface area is 187 Å². The lowest BCUT2D eigenvalue weighted by Crippen LogP contribution is -2.28. The lowest BCUT2D eigenvalue weighted by molar-refractivity contribution is 0.439. The van der Waals surface area contributed by atoms with E-state index < -0.39 is 9.84 Å². The van der Waals surface area contributed by atoms with Crippen molar-refractivity contribution >= 4 is 21.4 Å². The molecule has 0 amide bonds. The Kier molecular flexibility index (Phi) is 6.30. The van der Waals surface area contributed by atoms with Crippen LogP contribution in [0.2, 0.25) is 5.02 Å². The second-order valence-corrected chi connectivity index (χ2v) is 10.6. The molecule has 0 radical (unpaired) electrons. The highest BCUT2D eigenvalue weighted by molar-refractivity contribution is 7.91. The summed E-state index contributed by atoms with van der Waals surface area (Å²) >= 11 is 6.13. The van der Waals surface area contributed by atoms with Gasteiger partial charge in [0.1, 0.15) is 0 Å². The van der Waals surface area contributed by atoms with Crippen molar-refractivity contribution in [2.45, 2.75) is 49.8 Å². The first-order valence-electron chi connectivity index (χ1n) is 10.6. The molecule has 0 spiro atoms. The molecular formula is C24H25ClN2O3S. The molecular weight excluding hydrogens is 432 g/mol. The smallest absolute Gasteiger partial charge is 0.267 e. The van der Waals surface area contributed by atoms with E-state index in [0.29, 0.717) is 10.7 Å². The van der Waals surface area contributed by atoms with Crippen molar-refractivity contribution in [1.82, 2.24) is 9.78 Å². The van der Waals surface area contributed by atoms with E-state index in [9.17, 15) is 13.2 Å². The van der Waals surface area contributed by atoms with Crippen molar-refractivity contribution in [3.05, 3.63) is 75.7 Å². The fraction of sp³-hybridized carbons (Fsp3) is 0.333. The van der Waals surface area contributed by atoms with E-state index in [1.807, 2.05) is 6.07 Å². The van der Waals surface area contributed by atoms with Crippen molar-refractivity contribution in [3.63, 3.8) is 0 Å². The maximum atomic E-state index is 13.6. The van der Waals surface area contributed by atoms with Gasteiger partial charge in [0.05, 0.1) is 22.5 Å². The molecule has 1 aliphatic rings. The zero-order valence-electron chi connectivity index (χ0n) is 17.4. The number of halogens is 1. The highest BCUT2D eigenvalue weighted by Gasteiger charge is 2.24. The normalized spacial score (nSPS) is 15.2.